The molecule has 0 saturated carbocycles. The summed E-state index contributed by atoms with van der Waals surface area (Å²) < 4.78 is 0. The highest BCUT2D eigenvalue weighted by molar-refractivity contribution is 6.42. The standard InChI is InChI=1S/C11H9Cl2NO3/c12-8-2-1-7(4-9(8)13)14-5-6(11(16)17)3-10(14)15/h1-2,4,6H,3,5H2,(H,16,17)/t6-/m1/s1. The number of hydrogen-bond donors (Lipinski definition) is 1. The molecule has 4 nitrogen and oxygen atoms in total. The fraction of sp³-hybridized carbons (Fsp3) is 0.273. The van der Waals surface area contributed by atoms with Gasteiger partial charge in [-0.2, -0.15) is 0 Å². The van der Waals surface area contributed by atoms with E-state index in [0.29, 0.717) is 15.7 Å². The number of anilines is 1. The van der Waals surface area contributed by atoms with Crippen LogP contribution < -0.4 is 4.90 Å². The van der Waals surface area contributed by atoms with Crippen LogP contribution >= 0.6 is 23.2 Å². The van der Waals surface area contributed by atoms with Crippen molar-refractivity contribution in [3.8, 4) is 0 Å². The minimum Gasteiger partial charge on any atom is -0.481 e. The van der Waals surface area contributed by atoms with E-state index in [9.17, 15) is 9.59 Å². The first-order valence-corrected chi connectivity index (χ1v) is 5.73. The van der Waals surface area contributed by atoms with Gasteiger partial charge in [0.05, 0.1) is 16.0 Å². The Morgan fingerprint density at radius 3 is 2.59 bits per heavy atom. The Morgan fingerprint density at radius 2 is 2.06 bits per heavy atom. The average molecular weight is 274 g/mol. The number of nitrogens with zero attached hydrogens (tertiary/aromatic N) is 1. The molecule has 6 heteroatoms. The minimum atomic E-state index is -0.957. The lowest BCUT2D eigenvalue weighted by molar-refractivity contribution is -0.141. The highest BCUT2D eigenvalue weighted by Crippen LogP contribution is 2.30. The summed E-state index contributed by atoms with van der Waals surface area (Å²) in [6.07, 6.45) is 0.0234. The van der Waals surface area contributed by atoms with E-state index >= 15 is 0 Å². The highest BCUT2D eigenvalue weighted by Gasteiger charge is 2.35. The summed E-state index contributed by atoms with van der Waals surface area (Å²) in [5.74, 6) is -1.83. The van der Waals surface area contributed by atoms with Gasteiger partial charge < -0.3 is 10.0 Å². The molecule has 1 fully saturated rings. The average Bonchev–Trinajstić information content (AvgIpc) is 2.65. The number of carbonyl (C=O) groups is 2. The van der Waals surface area contributed by atoms with Gasteiger partial charge in [-0.1, -0.05) is 23.2 Å². The normalized spacial score (nSPS) is 19.8. The summed E-state index contributed by atoms with van der Waals surface area (Å²) in [6.45, 7) is 0.173. The zero-order chi connectivity index (χ0) is 12.6. The third-order valence-electron chi connectivity index (χ3n) is 2.69. The third kappa shape index (κ3) is 2.37. The Bertz CT molecular complexity index is 490. The summed E-state index contributed by atoms with van der Waals surface area (Å²) >= 11 is 11.6. The molecule has 17 heavy (non-hydrogen) atoms. The zero-order valence-electron chi connectivity index (χ0n) is 8.69. The monoisotopic (exact) mass is 273 g/mol. The summed E-state index contributed by atoms with van der Waals surface area (Å²) in [5.41, 5.74) is 0.577. The van der Waals surface area contributed by atoms with Crippen LogP contribution in [-0.2, 0) is 9.59 Å². The van der Waals surface area contributed by atoms with Crippen LogP contribution in [0.5, 0.6) is 0 Å². The molecule has 1 aliphatic rings. The molecule has 1 aliphatic heterocycles. The Hall–Kier alpha value is -1.26. The van der Waals surface area contributed by atoms with Crippen molar-refractivity contribution in [2.75, 3.05) is 11.4 Å². The van der Waals surface area contributed by atoms with Crippen LogP contribution in [0.15, 0.2) is 18.2 Å². The lowest BCUT2D eigenvalue weighted by Crippen LogP contribution is -2.25. The van der Waals surface area contributed by atoms with E-state index in [1.165, 1.54) is 4.90 Å². The molecule has 1 heterocycles. The topological polar surface area (TPSA) is 57.6 Å². The lowest BCUT2D eigenvalue weighted by atomic mass is 10.1. The first-order chi connectivity index (χ1) is 7.99. The molecule has 1 N–H and O–H groups in total. The summed E-state index contributed by atoms with van der Waals surface area (Å²) in [4.78, 5) is 23.9. The number of hydrogen-bond acceptors (Lipinski definition) is 2. The number of rotatable bonds is 2. The molecular formula is C11H9Cl2NO3. The van der Waals surface area contributed by atoms with Crippen LogP contribution in [0.2, 0.25) is 10.0 Å². The number of benzene rings is 1. The predicted molar refractivity (Wildman–Crippen MR) is 64.6 cm³/mol. The second kappa shape index (κ2) is 4.55. The molecule has 0 spiro atoms. The van der Waals surface area contributed by atoms with E-state index in [1.807, 2.05) is 0 Å². The van der Waals surface area contributed by atoms with E-state index in [4.69, 9.17) is 28.3 Å². The van der Waals surface area contributed by atoms with Crippen LogP contribution in [0.3, 0.4) is 0 Å². The second-order valence-corrected chi connectivity index (χ2v) is 4.66. The summed E-state index contributed by atoms with van der Waals surface area (Å²) in [7, 11) is 0. The van der Waals surface area contributed by atoms with Crippen molar-refractivity contribution in [2.45, 2.75) is 6.42 Å². The van der Waals surface area contributed by atoms with Gasteiger partial charge >= 0.3 is 5.97 Å². The van der Waals surface area contributed by atoms with Gasteiger partial charge in [0.25, 0.3) is 0 Å². The van der Waals surface area contributed by atoms with E-state index in [1.54, 1.807) is 18.2 Å². The Morgan fingerprint density at radius 1 is 1.35 bits per heavy atom. The molecule has 90 valence electrons. The van der Waals surface area contributed by atoms with Crippen molar-refractivity contribution in [2.24, 2.45) is 5.92 Å². The maximum Gasteiger partial charge on any atom is 0.308 e. The maximum atomic E-state index is 11.7. The molecule has 2 rings (SSSR count). The fourth-order valence-corrected chi connectivity index (χ4v) is 2.07. The fourth-order valence-electron chi connectivity index (χ4n) is 1.78. The molecule has 0 radical (unpaired) electrons. The molecule has 0 aliphatic carbocycles. The van der Waals surface area contributed by atoms with Crippen LogP contribution in [-0.4, -0.2) is 23.5 Å². The van der Waals surface area contributed by atoms with Crippen molar-refractivity contribution in [3.05, 3.63) is 28.2 Å². The van der Waals surface area contributed by atoms with Crippen molar-refractivity contribution in [1.82, 2.24) is 0 Å². The van der Waals surface area contributed by atoms with Gasteiger partial charge in [0.1, 0.15) is 0 Å². The molecule has 1 aromatic rings. The first kappa shape index (κ1) is 12.2. The minimum absolute atomic E-state index is 0.0234. The number of amides is 1. The van der Waals surface area contributed by atoms with Gasteiger partial charge in [-0.25, -0.2) is 0 Å². The van der Waals surface area contributed by atoms with Gasteiger partial charge in [-0.15, -0.1) is 0 Å². The van der Waals surface area contributed by atoms with E-state index < -0.39 is 11.9 Å². The van der Waals surface area contributed by atoms with E-state index in [2.05, 4.69) is 0 Å². The molecule has 1 aromatic carbocycles. The first-order valence-electron chi connectivity index (χ1n) is 4.97. The SMILES string of the molecule is O=C(O)[C@@H]1CC(=O)N(c2ccc(Cl)c(Cl)c2)C1. The highest BCUT2D eigenvalue weighted by atomic mass is 35.5. The van der Waals surface area contributed by atoms with Gasteiger partial charge in [0.2, 0.25) is 5.91 Å². The molecule has 0 bridgehead atoms. The van der Waals surface area contributed by atoms with Crippen LogP contribution in [0.1, 0.15) is 6.42 Å². The van der Waals surface area contributed by atoms with Gasteiger partial charge in [0, 0.05) is 18.7 Å². The van der Waals surface area contributed by atoms with Crippen molar-refractivity contribution >= 4 is 40.8 Å². The Kier molecular flexibility index (Phi) is 3.26. The lowest BCUT2D eigenvalue weighted by Gasteiger charge is -2.16. The summed E-state index contributed by atoms with van der Waals surface area (Å²) in [6, 6.07) is 4.79. The molecular weight excluding hydrogens is 265 g/mol. The van der Waals surface area contributed by atoms with Crippen molar-refractivity contribution in [1.29, 1.82) is 0 Å². The van der Waals surface area contributed by atoms with Crippen LogP contribution in [0.4, 0.5) is 5.69 Å². The van der Waals surface area contributed by atoms with Gasteiger partial charge in [-0.3, -0.25) is 9.59 Å². The van der Waals surface area contributed by atoms with Crippen LogP contribution in [0.25, 0.3) is 0 Å². The molecule has 1 amide bonds. The number of halogens is 2. The summed E-state index contributed by atoms with van der Waals surface area (Å²) in [5, 5.41) is 9.61. The third-order valence-corrected chi connectivity index (χ3v) is 3.43. The molecule has 1 atom stereocenters. The van der Waals surface area contributed by atoms with Gasteiger partial charge in [-0.05, 0) is 18.2 Å². The van der Waals surface area contributed by atoms with Crippen molar-refractivity contribution < 1.29 is 14.7 Å². The number of carboxylic acid groups (broad SMARTS) is 1. The number of carbonyl (C=O) groups excluding carboxylic acids is 1. The molecule has 0 aromatic heterocycles. The maximum absolute atomic E-state index is 11.7. The Labute approximate surface area is 108 Å². The molecule has 0 unspecified atom stereocenters. The second-order valence-electron chi connectivity index (χ2n) is 3.84. The molecule has 1 saturated heterocycles. The smallest absolute Gasteiger partial charge is 0.308 e. The van der Waals surface area contributed by atoms with Gasteiger partial charge in [0.15, 0.2) is 0 Å². The number of carboxylic acids is 1. The van der Waals surface area contributed by atoms with E-state index in [0.717, 1.165) is 0 Å². The van der Waals surface area contributed by atoms with Crippen LogP contribution in [0, 0.1) is 5.92 Å². The zero-order valence-corrected chi connectivity index (χ0v) is 10.2. The predicted octanol–water partition coefficient (Wildman–Crippen LogP) is 2.43. The largest absolute Gasteiger partial charge is 0.481 e. The number of aliphatic carboxylic acids is 1. The quantitative estimate of drug-likeness (QED) is 0.901. The van der Waals surface area contributed by atoms with E-state index in [-0.39, 0.29) is 18.9 Å². The van der Waals surface area contributed by atoms with Crippen molar-refractivity contribution in [3.63, 3.8) is 0 Å². The Balaban J connectivity index is 2.26.